The molecule has 2 aromatic rings. The lowest BCUT2D eigenvalue weighted by molar-refractivity contribution is -0.141. The average Bonchev–Trinajstić information content (AvgIpc) is 2.89. The molecule has 3 atom stereocenters. The van der Waals surface area contributed by atoms with Crippen molar-refractivity contribution < 1.29 is 29.5 Å². The second-order valence-electron chi connectivity index (χ2n) is 8.03. The van der Waals surface area contributed by atoms with Crippen molar-refractivity contribution in [2.24, 2.45) is 5.92 Å². The quantitative estimate of drug-likeness (QED) is 0.175. The van der Waals surface area contributed by atoms with Gasteiger partial charge in [-0.2, -0.15) is 0 Å². The van der Waals surface area contributed by atoms with E-state index in [9.17, 15) is 24.4 Å². The zero-order valence-electron chi connectivity index (χ0n) is 19.6. The first-order valence-corrected chi connectivity index (χ1v) is 11.3. The predicted octanol–water partition coefficient (Wildman–Crippen LogP) is 0.0815. The number of carbonyl (C=O) groups excluding carboxylic acids is 4. The average molecular weight is 485 g/mol. The van der Waals surface area contributed by atoms with E-state index in [1.807, 2.05) is 60.7 Å². The Morgan fingerprint density at radius 3 is 1.97 bits per heavy atom. The number of aryl methyl sites for hydroxylation is 1. The fraction of sp³-hybridized carbons (Fsp3) is 0.360. The second kappa shape index (κ2) is 14.5. The molecule has 0 bridgehead atoms. The fourth-order valence-corrected chi connectivity index (χ4v) is 3.77. The first-order chi connectivity index (χ1) is 16.9. The van der Waals surface area contributed by atoms with Gasteiger partial charge in [-0.1, -0.05) is 60.7 Å². The zero-order valence-corrected chi connectivity index (χ0v) is 19.6. The van der Waals surface area contributed by atoms with Crippen molar-refractivity contribution >= 4 is 23.6 Å². The maximum absolute atomic E-state index is 13.4. The summed E-state index contributed by atoms with van der Waals surface area (Å²) in [6.45, 7) is -0.900. The standard InChI is InChI=1S/C25H32N4O6/c1-26-24(33)20(15-18-11-6-3-7-12-18)27-23(32)19(14-8-13-17-9-4-2-5-10-17)22(25(34)29-35)28-21(31)16-30/h2-7,9-12,19-20,22,30,35H,8,13-16H2,1H3,(H,26,33)(H,27,32)(H,28,31)(H,29,34)/t19-,20+,22-/m1/s1. The molecule has 188 valence electrons. The number of aliphatic hydroxyl groups excluding tert-OH is 1. The number of hydrogen-bond acceptors (Lipinski definition) is 6. The van der Waals surface area contributed by atoms with Gasteiger partial charge in [0.15, 0.2) is 0 Å². The van der Waals surface area contributed by atoms with Gasteiger partial charge in [0.05, 0.1) is 5.92 Å². The third-order valence-corrected chi connectivity index (χ3v) is 5.58. The molecule has 0 spiro atoms. The Morgan fingerprint density at radius 1 is 0.829 bits per heavy atom. The van der Waals surface area contributed by atoms with E-state index in [-0.39, 0.29) is 12.8 Å². The molecule has 35 heavy (non-hydrogen) atoms. The molecule has 10 nitrogen and oxygen atoms in total. The smallest absolute Gasteiger partial charge is 0.266 e. The molecule has 0 aliphatic carbocycles. The molecule has 0 heterocycles. The Kier molecular flexibility index (Phi) is 11.4. The summed E-state index contributed by atoms with van der Waals surface area (Å²) in [5.74, 6) is -4.08. The van der Waals surface area contributed by atoms with Crippen molar-refractivity contribution in [3.63, 3.8) is 0 Å². The van der Waals surface area contributed by atoms with E-state index in [0.29, 0.717) is 12.8 Å². The zero-order chi connectivity index (χ0) is 25.6. The second-order valence-corrected chi connectivity index (χ2v) is 8.03. The van der Waals surface area contributed by atoms with E-state index in [1.165, 1.54) is 12.5 Å². The van der Waals surface area contributed by atoms with Crippen LogP contribution in [0.25, 0.3) is 0 Å². The number of rotatable bonds is 13. The van der Waals surface area contributed by atoms with E-state index in [2.05, 4.69) is 16.0 Å². The Bertz CT molecular complexity index is 970. The largest absolute Gasteiger partial charge is 0.387 e. The lowest BCUT2D eigenvalue weighted by atomic mass is 9.90. The summed E-state index contributed by atoms with van der Waals surface area (Å²) in [6, 6.07) is 16.2. The van der Waals surface area contributed by atoms with Crippen LogP contribution in [0.5, 0.6) is 0 Å². The summed E-state index contributed by atoms with van der Waals surface area (Å²) in [7, 11) is 1.45. The summed E-state index contributed by atoms with van der Waals surface area (Å²) < 4.78 is 0. The first-order valence-electron chi connectivity index (χ1n) is 11.3. The van der Waals surface area contributed by atoms with E-state index >= 15 is 0 Å². The lowest BCUT2D eigenvalue weighted by Gasteiger charge is -2.27. The minimum atomic E-state index is -1.46. The third kappa shape index (κ3) is 8.84. The summed E-state index contributed by atoms with van der Waals surface area (Å²) in [4.78, 5) is 50.1. The highest BCUT2D eigenvalue weighted by Gasteiger charge is 2.36. The van der Waals surface area contributed by atoms with Gasteiger partial charge >= 0.3 is 0 Å². The van der Waals surface area contributed by atoms with Crippen molar-refractivity contribution in [3.8, 4) is 0 Å². The highest BCUT2D eigenvalue weighted by atomic mass is 16.5. The van der Waals surface area contributed by atoms with Gasteiger partial charge in [0.25, 0.3) is 5.91 Å². The normalized spacial score (nSPS) is 13.1. The lowest BCUT2D eigenvalue weighted by Crippen LogP contribution is -2.57. The Hall–Kier alpha value is -3.76. The highest BCUT2D eigenvalue weighted by molar-refractivity contribution is 5.95. The molecule has 0 saturated heterocycles. The summed E-state index contributed by atoms with van der Waals surface area (Å²) in [6.07, 6.45) is 1.46. The molecule has 0 saturated carbocycles. The SMILES string of the molecule is CNC(=O)[C@H](Cc1ccccc1)NC(=O)[C@H](CCCc1ccccc1)[C@@H](NC(=O)CO)C(=O)NO. The Labute approximate surface area is 204 Å². The van der Waals surface area contributed by atoms with Crippen LogP contribution in [-0.2, 0) is 32.0 Å². The van der Waals surface area contributed by atoms with Crippen LogP contribution in [0.1, 0.15) is 24.0 Å². The van der Waals surface area contributed by atoms with Crippen molar-refractivity contribution in [1.82, 2.24) is 21.4 Å². The molecular weight excluding hydrogens is 452 g/mol. The minimum Gasteiger partial charge on any atom is -0.387 e. The maximum Gasteiger partial charge on any atom is 0.266 e. The molecule has 0 aliphatic rings. The number of aliphatic hydroxyl groups is 1. The van der Waals surface area contributed by atoms with Crippen LogP contribution in [0.2, 0.25) is 0 Å². The van der Waals surface area contributed by atoms with Gasteiger partial charge in [-0.3, -0.25) is 24.4 Å². The van der Waals surface area contributed by atoms with Crippen molar-refractivity contribution in [2.45, 2.75) is 37.8 Å². The molecule has 0 unspecified atom stereocenters. The van der Waals surface area contributed by atoms with Crippen LogP contribution in [0, 0.1) is 5.92 Å². The number of amides is 4. The number of nitrogens with one attached hydrogen (secondary N) is 4. The molecule has 0 radical (unpaired) electrons. The van der Waals surface area contributed by atoms with Gasteiger partial charge in [-0.05, 0) is 30.4 Å². The fourth-order valence-electron chi connectivity index (χ4n) is 3.77. The van der Waals surface area contributed by atoms with Crippen LogP contribution in [0.15, 0.2) is 60.7 Å². The van der Waals surface area contributed by atoms with E-state index in [0.717, 1.165) is 11.1 Å². The molecule has 2 aromatic carbocycles. The van der Waals surface area contributed by atoms with E-state index in [4.69, 9.17) is 5.11 Å². The third-order valence-electron chi connectivity index (χ3n) is 5.58. The van der Waals surface area contributed by atoms with Crippen molar-refractivity contribution in [3.05, 3.63) is 71.8 Å². The molecular formula is C25H32N4O6. The predicted molar refractivity (Wildman–Crippen MR) is 128 cm³/mol. The summed E-state index contributed by atoms with van der Waals surface area (Å²) in [5.41, 5.74) is 3.32. The number of hydrogen-bond donors (Lipinski definition) is 6. The minimum absolute atomic E-state index is 0.163. The van der Waals surface area contributed by atoms with Gasteiger partial charge in [0, 0.05) is 13.5 Å². The maximum atomic E-state index is 13.4. The van der Waals surface area contributed by atoms with Gasteiger partial charge in [0.2, 0.25) is 17.7 Å². The molecule has 4 amide bonds. The number of carbonyl (C=O) groups is 4. The van der Waals surface area contributed by atoms with E-state index in [1.54, 1.807) is 0 Å². The van der Waals surface area contributed by atoms with Gasteiger partial charge < -0.3 is 21.1 Å². The van der Waals surface area contributed by atoms with Crippen LogP contribution in [0.4, 0.5) is 0 Å². The van der Waals surface area contributed by atoms with Gasteiger partial charge in [-0.15, -0.1) is 0 Å². The topological polar surface area (TPSA) is 157 Å². The number of likely N-dealkylation sites (N-methyl/N-ethyl adjacent to an activating group) is 1. The Morgan fingerprint density at radius 2 is 1.43 bits per heavy atom. The van der Waals surface area contributed by atoms with E-state index < -0.39 is 48.2 Å². The monoisotopic (exact) mass is 484 g/mol. The molecule has 2 rings (SSSR count). The summed E-state index contributed by atoms with van der Waals surface area (Å²) >= 11 is 0. The first kappa shape index (κ1) is 27.5. The van der Waals surface area contributed by atoms with Gasteiger partial charge in [-0.25, -0.2) is 5.48 Å². The molecule has 0 fully saturated rings. The molecule has 10 heteroatoms. The van der Waals surface area contributed by atoms with Crippen LogP contribution in [-0.4, -0.2) is 59.7 Å². The molecule has 0 aliphatic heterocycles. The Balaban J connectivity index is 2.26. The number of hydroxylamine groups is 1. The highest BCUT2D eigenvalue weighted by Crippen LogP contribution is 2.17. The van der Waals surface area contributed by atoms with Crippen LogP contribution in [0.3, 0.4) is 0 Å². The summed E-state index contributed by atoms with van der Waals surface area (Å²) in [5, 5.41) is 25.9. The molecule has 6 N–H and O–H groups in total. The van der Waals surface area contributed by atoms with Crippen molar-refractivity contribution in [1.29, 1.82) is 0 Å². The van der Waals surface area contributed by atoms with Crippen LogP contribution < -0.4 is 21.4 Å². The van der Waals surface area contributed by atoms with Crippen LogP contribution >= 0.6 is 0 Å². The van der Waals surface area contributed by atoms with Gasteiger partial charge in [0.1, 0.15) is 18.7 Å². The van der Waals surface area contributed by atoms with Crippen molar-refractivity contribution in [2.75, 3.05) is 13.7 Å². The number of benzene rings is 2. The molecule has 0 aromatic heterocycles.